The van der Waals surface area contributed by atoms with Crippen LogP contribution < -0.4 is 11.5 Å². The van der Waals surface area contributed by atoms with E-state index in [1.807, 2.05) is 0 Å². The minimum Gasteiger partial charge on any atom is -0.368 e. The first-order chi connectivity index (χ1) is 7.43. The van der Waals surface area contributed by atoms with Crippen molar-refractivity contribution in [1.82, 2.24) is 0 Å². The van der Waals surface area contributed by atoms with Crippen LogP contribution in [0.2, 0.25) is 0 Å². The first-order valence-electron chi connectivity index (χ1n) is 4.45. The van der Waals surface area contributed by atoms with Gasteiger partial charge in [0.1, 0.15) is 11.6 Å². The summed E-state index contributed by atoms with van der Waals surface area (Å²) in [5.41, 5.74) is 9.35. The van der Waals surface area contributed by atoms with Gasteiger partial charge in [0.2, 0.25) is 5.91 Å². The standard InChI is InChI=1S/C10H10F2N2O2/c11-5-2-1-3-6(12)9(5)8(15)4-7(13)10(14)16/h1-3,7H,4,13H2,(H2,14,16). The molecule has 0 aliphatic rings. The molecule has 86 valence electrons. The lowest BCUT2D eigenvalue weighted by Crippen LogP contribution is -2.38. The van der Waals surface area contributed by atoms with Crippen LogP contribution in [-0.4, -0.2) is 17.7 Å². The van der Waals surface area contributed by atoms with E-state index in [1.165, 1.54) is 0 Å². The molecule has 4 N–H and O–H groups in total. The third kappa shape index (κ3) is 2.60. The zero-order valence-corrected chi connectivity index (χ0v) is 8.24. The summed E-state index contributed by atoms with van der Waals surface area (Å²) in [4.78, 5) is 22.0. The van der Waals surface area contributed by atoms with Crippen molar-refractivity contribution in [3.63, 3.8) is 0 Å². The van der Waals surface area contributed by atoms with E-state index in [4.69, 9.17) is 11.5 Å². The summed E-state index contributed by atoms with van der Waals surface area (Å²) < 4.78 is 26.3. The second-order valence-corrected chi connectivity index (χ2v) is 3.23. The predicted molar refractivity (Wildman–Crippen MR) is 52.5 cm³/mol. The van der Waals surface area contributed by atoms with Crippen molar-refractivity contribution in [1.29, 1.82) is 0 Å². The van der Waals surface area contributed by atoms with E-state index in [-0.39, 0.29) is 0 Å². The van der Waals surface area contributed by atoms with Crippen molar-refractivity contribution in [2.24, 2.45) is 11.5 Å². The first kappa shape index (κ1) is 12.3. The summed E-state index contributed by atoms with van der Waals surface area (Å²) in [6.45, 7) is 0. The van der Waals surface area contributed by atoms with Crippen LogP contribution >= 0.6 is 0 Å². The summed E-state index contributed by atoms with van der Waals surface area (Å²) in [7, 11) is 0. The number of hydrogen-bond donors (Lipinski definition) is 2. The fourth-order valence-electron chi connectivity index (χ4n) is 1.17. The van der Waals surface area contributed by atoms with E-state index < -0.39 is 41.4 Å². The van der Waals surface area contributed by atoms with Crippen LogP contribution in [0, 0.1) is 11.6 Å². The maximum absolute atomic E-state index is 13.1. The predicted octanol–water partition coefficient (Wildman–Crippen LogP) is 0.350. The fourth-order valence-corrected chi connectivity index (χ4v) is 1.17. The highest BCUT2D eigenvalue weighted by Gasteiger charge is 2.21. The summed E-state index contributed by atoms with van der Waals surface area (Å²) >= 11 is 0. The molecule has 0 saturated heterocycles. The van der Waals surface area contributed by atoms with E-state index in [9.17, 15) is 18.4 Å². The summed E-state index contributed by atoms with van der Waals surface area (Å²) in [5.74, 6) is -3.75. The summed E-state index contributed by atoms with van der Waals surface area (Å²) in [5, 5.41) is 0. The maximum Gasteiger partial charge on any atom is 0.234 e. The van der Waals surface area contributed by atoms with Crippen molar-refractivity contribution in [2.45, 2.75) is 12.5 Å². The van der Waals surface area contributed by atoms with Crippen LogP contribution in [-0.2, 0) is 4.79 Å². The molecule has 0 fully saturated rings. The molecule has 1 aromatic carbocycles. The molecular formula is C10H10F2N2O2. The number of Topliss-reactive ketones (excluding diaryl/α,β-unsaturated/α-hetero) is 1. The molecule has 1 atom stereocenters. The summed E-state index contributed by atoms with van der Waals surface area (Å²) in [6.07, 6.45) is -0.521. The third-order valence-corrected chi connectivity index (χ3v) is 2.01. The lowest BCUT2D eigenvalue weighted by molar-refractivity contribution is -0.119. The lowest BCUT2D eigenvalue weighted by atomic mass is 10.0. The number of ketones is 1. The number of benzene rings is 1. The fraction of sp³-hybridized carbons (Fsp3) is 0.200. The smallest absolute Gasteiger partial charge is 0.234 e. The molecule has 0 bridgehead atoms. The second-order valence-electron chi connectivity index (χ2n) is 3.23. The lowest BCUT2D eigenvalue weighted by Gasteiger charge is -2.07. The Labute approximate surface area is 90.2 Å². The number of hydrogen-bond acceptors (Lipinski definition) is 3. The zero-order chi connectivity index (χ0) is 12.3. The number of rotatable bonds is 4. The monoisotopic (exact) mass is 228 g/mol. The Morgan fingerprint density at radius 2 is 1.75 bits per heavy atom. The molecule has 0 aliphatic carbocycles. The van der Waals surface area contributed by atoms with Crippen molar-refractivity contribution in [2.75, 3.05) is 0 Å². The molecule has 4 nitrogen and oxygen atoms in total. The van der Waals surface area contributed by atoms with Gasteiger partial charge in [-0.15, -0.1) is 0 Å². The molecule has 0 spiro atoms. The largest absolute Gasteiger partial charge is 0.368 e. The number of carbonyl (C=O) groups is 2. The average molecular weight is 228 g/mol. The van der Waals surface area contributed by atoms with Gasteiger partial charge in [0.05, 0.1) is 11.6 Å². The highest BCUT2D eigenvalue weighted by atomic mass is 19.1. The van der Waals surface area contributed by atoms with Crippen molar-refractivity contribution < 1.29 is 18.4 Å². The molecule has 0 saturated carbocycles. The van der Waals surface area contributed by atoms with Crippen molar-refractivity contribution in [3.8, 4) is 0 Å². The van der Waals surface area contributed by atoms with E-state index >= 15 is 0 Å². The minimum absolute atomic E-state index is 0.521. The molecule has 0 heterocycles. The summed E-state index contributed by atoms with van der Waals surface area (Å²) in [6, 6.07) is 1.79. The molecular weight excluding hydrogens is 218 g/mol. The van der Waals surface area contributed by atoms with E-state index in [1.54, 1.807) is 0 Å². The Kier molecular flexibility index (Phi) is 3.68. The van der Waals surface area contributed by atoms with Gasteiger partial charge >= 0.3 is 0 Å². The van der Waals surface area contributed by atoms with Crippen LogP contribution in [0.5, 0.6) is 0 Å². The van der Waals surface area contributed by atoms with Crippen LogP contribution in [0.15, 0.2) is 18.2 Å². The molecule has 0 radical (unpaired) electrons. The third-order valence-electron chi connectivity index (χ3n) is 2.01. The normalized spacial score (nSPS) is 12.2. The number of amides is 1. The van der Waals surface area contributed by atoms with Crippen LogP contribution in [0.25, 0.3) is 0 Å². The van der Waals surface area contributed by atoms with Gasteiger partial charge in [-0.05, 0) is 12.1 Å². The number of nitrogens with two attached hydrogens (primary N) is 2. The first-order valence-corrected chi connectivity index (χ1v) is 4.45. The Morgan fingerprint density at radius 1 is 1.25 bits per heavy atom. The van der Waals surface area contributed by atoms with Gasteiger partial charge in [-0.25, -0.2) is 8.78 Å². The van der Waals surface area contributed by atoms with E-state index in [0.717, 1.165) is 18.2 Å². The highest BCUT2D eigenvalue weighted by molar-refractivity contribution is 5.99. The van der Waals surface area contributed by atoms with Crippen molar-refractivity contribution in [3.05, 3.63) is 35.4 Å². The quantitative estimate of drug-likeness (QED) is 0.729. The zero-order valence-electron chi connectivity index (χ0n) is 8.24. The van der Waals surface area contributed by atoms with Crippen LogP contribution in [0.1, 0.15) is 16.8 Å². The molecule has 6 heteroatoms. The van der Waals surface area contributed by atoms with Gasteiger partial charge < -0.3 is 11.5 Å². The highest BCUT2D eigenvalue weighted by Crippen LogP contribution is 2.14. The molecule has 1 unspecified atom stereocenters. The molecule has 0 aromatic heterocycles. The molecule has 1 amide bonds. The van der Waals surface area contributed by atoms with Gasteiger partial charge in [0.15, 0.2) is 5.78 Å². The van der Waals surface area contributed by atoms with Crippen LogP contribution in [0.4, 0.5) is 8.78 Å². The van der Waals surface area contributed by atoms with E-state index in [2.05, 4.69) is 0 Å². The number of halogens is 2. The topological polar surface area (TPSA) is 86.2 Å². The van der Waals surface area contributed by atoms with Gasteiger partial charge in [-0.3, -0.25) is 9.59 Å². The SMILES string of the molecule is NC(=O)C(N)CC(=O)c1c(F)cccc1F. The van der Waals surface area contributed by atoms with Crippen molar-refractivity contribution >= 4 is 11.7 Å². The Bertz CT molecular complexity index is 415. The molecule has 1 rings (SSSR count). The van der Waals surface area contributed by atoms with E-state index in [0.29, 0.717) is 0 Å². The van der Waals surface area contributed by atoms with Gasteiger partial charge in [-0.1, -0.05) is 6.07 Å². The minimum atomic E-state index is -1.24. The number of carbonyl (C=O) groups excluding carboxylic acids is 2. The Morgan fingerprint density at radius 3 is 2.19 bits per heavy atom. The second kappa shape index (κ2) is 4.80. The maximum atomic E-state index is 13.1. The Hall–Kier alpha value is -1.82. The molecule has 0 aliphatic heterocycles. The van der Waals surface area contributed by atoms with Gasteiger partial charge in [0.25, 0.3) is 0 Å². The average Bonchev–Trinajstić information content (AvgIpc) is 2.16. The van der Waals surface area contributed by atoms with Gasteiger partial charge in [0, 0.05) is 6.42 Å². The molecule has 1 aromatic rings. The molecule has 16 heavy (non-hydrogen) atoms. The Balaban J connectivity index is 2.93. The number of primary amides is 1. The van der Waals surface area contributed by atoms with Gasteiger partial charge in [-0.2, -0.15) is 0 Å². The van der Waals surface area contributed by atoms with Crippen LogP contribution in [0.3, 0.4) is 0 Å².